The van der Waals surface area contributed by atoms with Gasteiger partial charge in [-0.1, -0.05) is 30.3 Å². The maximum atomic E-state index is 12.2. The Morgan fingerprint density at radius 1 is 1.09 bits per heavy atom. The number of thiazole rings is 1. The molecule has 6 heteroatoms. The standard InChI is InChI=1S/C16H13N3O2S/c17-16-19-13(10-22-16)15(20)18-12-8-4-5-9-14(12)21-11-6-2-1-3-7-11/h1-10H,(H2,17,19)(H,18,20). The van der Waals surface area contributed by atoms with E-state index in [9.17, 15) is 4.79 Å². The van der Waals surface area contributed by atoms with Crippen molar-refractivity contribution in [2.24, 2.45) is 0 Å². The minimum absolute atomic E-state index is 0.289. The number of nitrogen functional groups attached to an aromatic ring is 1. The molecule has 0 spiro atoms. The molecular formula is C16H13N3O2S. The molecule has 2 aromatic carbocycles. The van der Waals surface area contributed by atoms with E-state index < -0.39 is 0 Å². The largest absolute Gasteiger partial charge is 0.455 e. The first-order chi connectivity index (χ1) is 10.7. The molecule has 0 aliphatic heterocycles. The molecule has 0 aliphatic carbocycles. The maximum Gasteiger partial charge on any atom is 0.275 e. The van der Waals surface area contributed by atoms with Crippen molar-refractivity contribution in [1.29, 1.82) is 0 Å². The van der Waals surface area contributed by atoms with E-state index in [2.05, 4.69) is 10.3 Å². The molecule has 110 valence electrons. The Balaban J connectivity index is 1.81. The quantitative estimate of drug-likeness (QED) is 0.769. The van der Waals surface area contributed by atoms with Gasteiger partial charge in [0.25, 0.3) is 5.91 Å². The molecule has 5 nitrogen and oxygen atoms in total. The average molecular weight is 311 g/mol. The van der Waals surface area contributed by atoms with Crippen molar-refractivity contribution in [3.8, 4) is 11.5 Å². The van der Waals surface area contributed by atoms with Gasteiger partial charge in [0.1, 0.15) is 11.4 Å². The number of aromatic nitrogens is 1. The second-order valence-electron chi connectivity index (χ2n) is 4.44. The molecule has 3 N–H and O–H groups in total. The first kappa shape index (κ1) is 14.1. The number of benzene rings is 2. The van der Waals surface area contributed by atoms with Crippen LogP contribution in [0.2, 0.25) is 0 Å². The lowest BCUT2D eigenvalue weighted by atomic mass is 10.2. The van der Waals surface area contributed by atoms with E-state index in [1.165, 1.54) is 11.3 Å². The first-order valence-corrected chi connectivity index (χ1v) is 7.44. The van der Waals surface area contributed by atoms with Crippen LogP contribution in [0.25, 0.3) is 0 Å². The first-order valence-electron chi connectivity index (χ1n) is 6.56. The number of amides is 1. The van der Waals surface area contributed by atoms with Crippen LogP contribution >= 0.6 is 11.3 Å². The van der Waals surface area contributed by atoms with Crippen molar-refractivity contribution < 1.29 is 9.53 Å². The summed E-state index contributed by atoms with van der Waals surface area (Å²) in [6.07, 6.45) is 0. The molecule has 0 atom stereocenters. The highest BCUT2D eigenvalue weighted by molar-refractivity contribution is 7.13. The Kier molecular flexibility index (Phi) is 4.02. The topological polar surface area (TPSA) is 77.2 Å². The highest BCUT2D eigenvalue weighted by Gasteiger charge is 2.12. The zero-order chi connectivity index (χ0) is 15.4. The summed E-state index contributed by atoms with van der Waals surface area (Å²) < 4.78 is 5.79. The number of hydrogen-bond acceptors (Lipinski definition) is 5. The van der Waals surface area contributed by atoms with Crippen LogP contribution < -0.4 is 15.8 Å². The summed E-state index contributed by atoms with van der Waals surface area (Å²) in [6, 6.07) is 16.6. The molecule has 0 saturated carbocycles. The summed E-state index contributed by atoms with van der Waals surface area (Å²) in [4.78, 5) is 16.1. The van der Waals surface area contributed by atoms with Gasteiger partial charge >= 0.3 is 0 Å². The number of hydrogen-bond donors (Lipinski definition) is 2. The van der Waals surface area contributed by atoms with Gasteiger partial charge in [0, 0.05) is 5.38 Å². The fraction of sp³-hybridized carbons (Fsp3) is 0. The van der Waals surface area contributed by atoms with E-state index in [0.29, 0.717) is 22.3 Å². The molecule has 22 heavy (non-hydrogen) atoms. The summed E-state index contributed by atoms with van der Waals surface area (Å²) in [7, 11) is 0. The Morgan fingerprint density at radius 2 is 1.82 bits per heavy atom. The number of ether oxygens (including phenoxy) is 1. The SMILES string of the molecule is Nc1nc(C(=O)Nc2ccccc2Oc2ccccc2)cs1. The molecule has 0 fully saturated rings. The Labute approximate surface area is 131 Å². The number of nitrogens with two attached hydrogens (primary N) is 1. The molecule has 0 unspecified atom stereocenters. The number of para-hydroxylation sites is 3. The normalized spacial score (nSPS) is 10.2. The zero-order valence-electron chi connectivity index (χ0n) is 11.5. The van der Waals surface area contributed by atoms with Crippen LogP contribution in [0.4, 0.5) is 10.8 Å². The molecule has 3 rings (SSSR count). The minimum atomic E-state index is -0.322. The summed E-state index contributed by atoms with van der Waals surface area (Å²) in [6.45, 7) is 0. The van der Waals surface area contributed by atoms with E-state index in [-0.39, 0.29) is 11.6 Å². The van der Waals surface area contributed by atoms with Crippen LogP contribution in [0.5, 0.6) is 11.5 Å². The maximum absolute atomic E-state index is 12.2. The smallest absolute Gasteiger partial charge is 0.275 e. The molecule has 0 aliphatic rings. The van der Waals surface area contributed by atoms with Gasteiger partial charge in [0.2, 0.25) is 0 Å². The Bertz CT molecular complexity index is 787. The van der Waals surface area contributed by atoms with Gasteiger partial charge in [-0.15, -0.1) is 11.3 Å². The lowest BCUT2D eigenvalue weighted by Crippen LogP contribution is -2.13. The van der Waals surface area contributed by atoms with Gasteiger partial charge in [-0.3, -0.25) is 4.79 Å². The van der Waals surface area contributed by atoms with Gasteiger partial charge in [0.15, 0.2) is 10.9 Å². The number of carbonyl (C=O) groups is 1. The third-order valence-corrected chi connectivity index (χ3v) is 3.53. The molecule has 0 radical (unpaired) electrons. The van der Waals surface area contributed by atoms with Gasteiger partial charge in [-0.2, -0.15) is 0 Å². The van der Waals surface area contributed by atoms with Gasteiger partial charge in [-0.05, 0) is 24.3 Å². The molecule has 0 bridgehead atoms. The predicted octanol–water partition coefficient (Wildman–Crippen LogP) is 3.77. The van der Waals surface area contributed by atoms with Crippen LogP contribution in [0.3, 0.4) is 0 Å². The van der Waals surface area contributed by atoms with Crippen molar-refractivity contribution in [2.45, 2.75) is 0 Å². The molecular weight excluding hydrogens is 298 g/mol. The molecule has 1 amide bonds. The van der Waals surface area contributed by atoms with Gasteiger partial charge < -0.3 is 15.8 Å². The lowest BCUT2D eigenvalue weighted by Gasteiger charge is -2.11. The van der Waals surface area contributed by atoms with Crippen LogP contribution in [0.15, 0.2) is 60.0 Å². The Morgan fingerprint density at radius 3 is 2.55 bits per heavy atom. The van der Waals surface area contributed by atoms with Gasteiger partial charge in [0.05, 0.1) is 5.69 Å². The fourth-order valence-corrected chi connectivity index (χ4v) is 2.40. The summed E-state index contributed by atoms with van der Waals surface area (Å²) in [5.41, 5.74) is 6.41. The summed E-state index contributed by atoms with van der Waals surface area (Å²) in [5, 5.41) is 4.76. The highest BCUT2D eigenvalue weighted by Crippen LogP contribution is 2.29. The van der Waals surface area contributed by atoms with E-state index in [1.54, 1.807) is 17.5 Å². The highest BCUT2D eigenvalue weighted by atomic mass is 32.1. The summed E-state index contributed by atoms with van der Waals surface area (Å²) in [5.74, 6) is 0.935. The predicted molar refractivity (Wildman–Crippen MR) is 87.4 cm³/mol. The van der Waals surface area contributed by atoms with Crippen molar-refractivity contribution in [2.75, 3.05) is 11.1 Å². The van der Waals surface area contributed by atoms with E-state index in [1.807, 2.05) is 42.5 Å². The molecule has 1 aromatic heterocycles. The van der Waals surface area contributed by atoms with Crippen LogP contribution in [-0.4, -0.2) is 10.9 Å². The van der Waals surface area contributed by atoms with E-state index in [4.69, 9.17) is 10.5 Å². The second-order valence-corrected chi connectivity index (χ2v) is 5.33. The van der Waals surface area contributed by atoms with Crippen molar-refractivity contribution >= 4 is 28.1 Å². The number of rotatable bonds is 4. The minimum Gasteiger partial charge on any atom is -0.455 e. The molecule has 0 saturated heterocycles. The summed E-state index contributed by atoms with van der Waals surface area (Å²) >= 11 is 1.22. The lowest BCUT2D eigenvalue weighted by molar-refractivity contribution is 0.102. The number of nitrogens with one attached hydrogen (secondary N) is 1. The van der Waals surface area contributed by atoms with Crippen LogP contribution in [-0.2, 0) is 0 Å². The second kappa shape index (κ2) is 6.28. The van der Waals surface area contributed by atoms with E-state index in [0.717, 1.165) is 0 Å². The average Bonchev–Trinajstić information content (AvgIpc) is 2.97. The Hall–Kier alpha value is -2.86. The van der Waals surface area contributed by atoms with Gasteiger partial charge in [-0.25, -0.2) is 4.98 Å². The van der Waals surface area contributed by atoms with Crippen molar-refractivity contribution in [3.63, 3.8) is 0 Å². The van der Waals surface area contributed by atoms with Crippen molar-refractivity contribution in [3.05, 3.63) is 65.7 Å². The van der Waals surface area contributed by atoms with Crippen LogP contribution in [0.1, 0.15) is 10.5 Å². The number of anilines is 2. The number of carbonyl (C=O) groups excluding carboxylic acids is 1. The third-order valence-electron chi connectivity index (χ3n) is 2.86. The zero-order valence-corrected chi connectivity index (χ0v) is 12.3. The third kappa shape index (κ3) is 3.24. The fourth-order valence-electron chi connectivity index (χ4n) is 1.85. The van der Waals surface area contributed by atoms with E-state index >= 15 is 0 Å². The molecule has 3 aromatic rings. The molecule has 1 heterocycles. The number of nitrogens with zero attached hydrogens (tertiary/aromatic N) is 1. The van der Waals surface area contributed by atoms with Crippen molar-refractivity contribution in [1.82, 2.24) is 4.98 Å². The monoisotopic (exact) mass is 311 g/mol. The van der Waals surface area contributed by atoms with Crippen LogP contribution in [0, 0.1) is 0 Å².